The van der Waals surface area contributed by atoms with Crippen molar-refractivity contribution in [3.63, 3.8) is 0 Å². The van der Waals surface area contributed by atoms with Gasteiger partial charge in [-0.3, -0.25) is 9.59 Å². The number of rotatable bonds is 5. The minimum Gasteiger partial charge on any atom is -0.489 e. The van der Waals surface area contributed by atoms with Crippen LogP contribution in [-0.2, 0) is 11.4 Å². The highest BCUT2D eigenvalue weighted by atomic mass is 16.5. The van der Waals surface area contributed by atoms with Crippen LogP contribution >= 0.6 is 0 Å². The molecule has 3 aromatic rings. The zero-order valence-corrected chi connectivity index (χ0v) is 18.3. The van der Waals surface area contributed by atoms with E-state index in [4.69, 9.17) is 4.74 Å². The molecule has 0 aromatic heterocycles. The number of carbonyl (C=O) groups excluding carboxylic acids is 2. The molecule has 0 spiro atoms. The SMILES string of the molecule is CC1=NN(C(=O)c2ccccc2)C(=O)/C1=C/c1ccc(OCc2cc(C)cc(C)c2)cc1. The van der Waals surface area contributed by atoms with Crippen LogP contribution in [-0.4, -0.2) is 22.5 Å². The Morgan fingerprint density at radius 2 is 1.59 bits per heavy atom. The Bertz CT molecular complexity index is 1210. The van der Waals surface area contributed by atoms with Gasteiger partial charge in [0, 0.05) is 5.56 Å². The average molecular weight is 425 g/mol. The Labute approximate surface area is 187 Å². The summed E-state index contributed by atoms with van der Waals surface area (Å²) in [6.07, 6.45) is 1.74. The minimum absolute atomic E-state index is 0.401. The van der Waals surface area contributed by atoms with E-state index in [0.29, 0.717) is 23.5 Å². The molecule has 1 aliphatic heterocycles. The maximum atomic E-state index is 12.8. The van der Waals surface area contributed by atoms with Gasteiger partial charge in [-0.1, -0.05) is 59.7 Å². The summed E-state index contributed by atoms with van der Waals surface area (Å²) < 4.78 is 5.90. The number of nitrogens with zero attached hydrogens (tertiary/aromatic N) is 2. The zero-order valence-electron chi connectivity index (χ0n) is 18.3. The van der Waals surface area contributed by atoms with Gasteiger partial charge in [0.05, 0.1) is 11.3 Å². The Hall–Kier alpha value is -3.99. The molecule has 0 bridgehead atoms. The standard InChI is InChI=1S/C27H24N2O3/c1-18-13-19(2)15-22(14-18)17-32-24-11-9-21(10-12-24)16-25-20(3)28-29(27(25)31)26(30)23-7-5-4-6-8-23/h4-16H,17H2,1-3H3/b25-16+. The molecule has 5 nitrogen and oxygen atoms in total. The van der Waals surface area contributed by atoms with Crippen molar-refractivity contribution in [3.8, 4) is 5.75 Å². The van der Waals surface area contributed by atoms with Crippen molar-refractivity contribution in [1.82, 2.24) is 5.01 Å². The normalized spacial score (nSPS) is 14.6. The first-order valence-electron chi connectivity index (χ1n) is 10.4. The van der Waals surface area contributed by atoms with Gasteiger partial charge in [-0.15, -0.1) is 0 Å². The number of hydrogen-bond acceptors (Lipinski definition) is 4. The van der Waals surface area contributed by atoms with Crippen LogP contribution in [0.25, 0.3) is 6.08 Å². The molecule has 1 aliphatic rings. The van der Waals surface area contributed by atoms with Gasteiger partial charge >= 0.3 is 0 Å². The van der Waals surface area contributed by atoms with E-state index >= 15 is 0 Å². The molecule has 0 radical (unpaired) electrons. The molecule has 1 heterocycles. The van der Waals surface area contributed by atoms with Crippen LogP contribution in [0.15, 0.2) is 83.5 Å². The first-order valence-corrected chi connectivity index (χ1v) is 10.4. The van der Waals surface area contributed by atoms with Crippen molar-refractivity contribution in [2.24, 2.45) is 5.10 Å². The van der Waals surface area contributed by atoms with Crippen molar-refractivity contribution in [2.45, 2.75) is 27.4 Å². The molecule has 32 heavy (non-hydrogen) atoms. The first-order chi connectivity index (χ1) is 15.4. The van der Waals surface area contributed by atoms with Crippen molar-refractivity contribution >= 4 is 23.6 Å². The van der Waals surface area contributed by atoms with E-state index in [1.165, 1.54) is 11.1 Å². The number of imide groups is 1. The summed E-state index contributed by atoms with van der Waals surface area (Å²) in [7, 11) is 0. The number of benzene rings is 3. The summed E-state index contributed by atoms with van der Waals surface area (Å²) in [5.41, 5.74) is 5.71. The molecule has 2 amide bonds. The van der Waals surface area contributed by atoms with Gasteiger partial charge in [-0.05, 0) is 62.2 Å². The second kappa shape index (κ2) is 9.02. The van der Waals surface area contributed by atoms with Gasteiger partial charge in [0.2, 0.25) is 0 Å². The van der Waals surface area contributed by atoms with Crippen LogP contribution in [0.4, 0.5) is 0 Å². The molecule has 0 saturated heterocycles. The zero-order chi connectivity index (χ0) is 22.7. The van der Waals surface area contributed by atoms with E-state index in [2.05, 4.69) is 37.1 Å². The summed E-state index contributed by atoms with van der Waals surface area (Å²) in [6, 6.07) is 22.5. The number of ether oxygens (including phenoxy) is 1. The molecule has 0 N–H and O–H groups in total. The summed E-state index contributed by atoms with van der Waals surface area (Å²) in [5, 5.41) is 5.10. The molecule has 4 rings (SSSR count). The van der Waals surface area contributed by atoms with E-state index in [1.807, 2.05) is 30.3 Å². The smallest absolute Gasteiger partial charge is 0.283 e. The molecule has 160 valence electrons. The number of amides is 2. The molecule has 0 fully saturated rings. The maximum Gasteiger partial charge on any atom is 0.283 e. The molecule has 0 saturated carbocycles. The molecule has 0 unspecified atom stereocenters. The average Bonchev–Trinajstić information content (AvgIpc) is 3.06. The molecule has 3 aromatic carbocycles. The Morgan fingerprint density at radius 1 is 0.938 bits per heavy atom. The molecular formula is C27H24N2O3. The van der Waals surface area contributed by atoms with Crippen LogP contribution in [0.3, 0.4) is 0 Å². The number of hydrogen-bond donors (Lipinski definition) is 0. The molecular weight excluding hydrogens is 400 g/mol. The third-order valence-electron chi connectivity index (χ3n) is 5.15. The second-order valence-electron chi connectivity index (χ2n) is 7.89. The van der Waals surface area contributed by atoms with Crippen LogP contribution in [0, 0.1) is 13.8 Å². The monoisotopic (exact) mass is 424 g/mol. The maximum absolute atomic E-state index is 12.8. The van der Waals surface area contributed by atoms with Gasteiger partial charge in [-0.2, -0.15) is 10.1 Å². The predicted molar refractivity (Wildman–Crippen MR) is 125 cm³/mol. The van der Waals surface area contributed by atoms with Crippen LogP contribution < -0.4 is 4.74 Å². The fourth-order valence-corrected chi connectivity index (χ4v) is 3.67. The van der Waals surface area contributed by atoms with E-state index in [9.17, 15) is 9.59 Å². The summed E-state index contributed by atoms with van der Waals surface area (Å²) in [4.78, 5) is 25.4. The van der Waals surface area contributed by atoms with E-state index in [1.54, 1.807) is 37.3 Å². The van der Waals surface area contributed by atoms with Crippen molar-refractivity contribution in [2.75, 3.05) is 0 Å². The molecule has 0 aliphatic carbocycles. The van der Waals surface area contributed by atoms with Crippen LogP contribution in [0.2, 0.25) is 0 Å². The Balaban J connectivity index is 1.45. The first kappa shape index (κ1) is 21.2. The van der Waals surface area contributed by atoms with E-state index in [-0.39, 0.29) is 0 Å². The molecule has 5 heteroatoms. The second-order valence-corrected chi connectivity index (χ2v) is 7.89. The lowest BCUT2D eigenvalue weighted by Crippen LogP contribution is -2.29. The highest BCUT2D eigenvalue weighted by Gasteiger charge is 2.32. The highest BCUT2D eigenvalue weighted by molar-refractivity contribution is 6.30. The van der Waals surface area contributed by atoms with Crippen LogP contribution in [0.1, 0.15) is 39.5 Å². The number of carbonyl (C=O) groups is 2. The quantitative estimate of drug-likeness (QED) is 0.411. The number of hydrazone groups is 1. The van der Waals surface area contributed by atoms with E-state index in [0.717, 1.165) is 21.9 Å². The van der Waals surface area contributed by atoms with Crippen molar-refractivity contribution in [3.05, 3.63) is 106 Å². The molecule has 0 atom stereocenters. The van der Waals surface area contributed by atoms with Gasteiger partial charge in [-0.25, -0.2) is 0 Å². The third kappa shape index (κ3) is 4.67. The van der Waals surface area contributed by atoms with Gasteiger partial charge in [0.15, 0.2) is 0 Å². The Morgan fingerprint density at radius 3 is 2.25 bits per heavy atom. The summed E-state index contributed by atoms with van der Waals surface area (Å²) in [6.45, 7) is 6.36. The minimum atomic E-state index is -0.437. The summed E-state index contributed by atoms with van der Waals surface area (Å²) >= 11 is 0. The largest absolute Gasteiger partial charge is 0.489 e. The van der Waals surface area contributed by atoms with Crippen molar-refractivity contribution < 1.29 is 14.3 Å². The lowest BCUT2D eigenvalue weighted by molar-refractivity contribution is -0.123. The van der Waals surface area contributed by atoms with Gasteiger partial charge in [0.1, 0.15) is 12.4 Å². The lowest BCUT2D eigenvalue weighted by atomic mass is 10.1. The van der Waals surface area contributed by atoms with Crippen LogP contribution in [0.5, 0.6) is 5.75 Å². The highest BCUT2D eigenvalue weighted by Crippen LogP contribution is 2.22. The summed E-state index contributed by atoms with van der Waals surface area (Å²) in [5.74, 6) is -0.115. The fourth-order valence-electron chi connectivity index (χ4n) is 3.67. The number of aryl methyl sites for hydroxylation is 2. The topological polar surface area (TPSA) is 59.0 Å². The Kier molecular flexibility index (Phi) is 5.99. The van der Waals surface area contributed by atoms with Gasteiger partial charge < -0.3 is 4.74 Å². The van der Waals surface area contributed by atoms with Crippen molar-refractivity contribution in [1.29, 1.82) is 0 Å². The van der Waals surface area contributed by atoms with Gasteiger partial charge in [0.25, 0.3) is 11.8 Å². The predicted octanol–water partition coefficient (Wildman–Crippen LogP) is 5.32. The van der Waals surface area contributed by atoms with E-state index < -0.39 is 11.8 Å². The fraction of sp³-hybridized carbons (Fsp3) is 0.148. The third-order valence-corrected chi connectivity index (χ3v) is 5.15. The lowest BCUT2D eigenvalue weighted by Gasteiger charge is -2.10.